The lowest BCUT2D eigenvalue weighted by molar-refractivity contribution is 0.474. The number of rotatable bonds is 5. The van der Waals surface area contributed by atoms with Crippen molar-refractivity contribution in [3.05, 3.63) is 53.1 Å². The molecule has 0 saturated carbocycles. The van der Waals surface area contributed by atoms with E-state index in [1.807, 2.05) is 24.3 Å². The van der Waals surface area contributed by atoms with Crippen LogP contribution >= 0.6 is 11.6 Å². The molecule has 0 radical (unpaired) electrons. The lowest BCUT2D eigenvalue weighted by Gasteiger charge is -2.21. The zero-order chi connectivity index (χ0) is 15.2. The van der Waals surface area contributed by atoms with Gasteiger partial charge in [0.1, 0.15) is 5.75 Å². The predicted octanol–water partition coefficient (Wildman–Crippen LogP) is 4.64. The quantitative estimate of drug-likeness (QED) is 0.817. The molecule has 0 unspecified atom stereocenters. The Morgan fingerprint density at radius 2 is 1.90 bits per heavy atom. The molecule has 3 nitrogen and oxygen atoms in total. The highest BCUT2D eigenvalue weighted by molar-refractivity contribution is 6.30. The summed E-state index contributed by atoms with van der Waals surface area (Å²) in [6.07, 6.45) is 1.65. The number of phenols is 1. The number of aromatic hydroxyl groups is 1. The van der Waals surface area contributed by atoms with Crippen LogP contribution in [0.4, 0.5) is 11.4 Å². The van der Waals surface area contributed by atoms with Gasteiger partial charge in [-0.2, -0.15) is 0 Å². The number of anilines is 1. The fourth-order valence-electron chi connectivity index (χ4n) is 2.13. The third kappa shape index (κ3) is 3.99. The lowest BCUT2D eigenvalue weighted by atomic mass is 10.2. The molecule has 110 valence electrons. The number of aliphatic imine (C=N–C) groups is 1. The van der Waals surface area contributed by atoms with Gasteiger partial charge in [-0.05, 0) is 44.2 Å². The van der Waals surface area contributed by atoms with Crippen LogP contribution in [0.1, 0.15) is 19.4 Å². The Hall–Kier alpha value is -2.00. The van der Waals surface area contributed by atoms with Crippen LogP contribution in [-0.4, -0.2) is 24.4 Å². The highest BCUT2D eigenvalue weighted by Gasteiger charge is 2.05. The predicted molar refractivity (Wildman–Crippen MR) is 90.4 cm³/mol. The molecule has 0 spiro atoms. The second kappa shape index (κ2) is 7.14. The summed E-state index contributed by atoms with van der Waals surface area (Å²) in [4.78, 5) is 6.51. The Morgan fingerprint density at radius 1 is 1.14 bits per heavy atom. The maximum Gasteiger partial charge on any atom is 0.126 e. The molecule has 0 fully saturated rings. The van der Waals surface area contributed by atoms with Crippen molar-refractivity contribution >= 4 is 29.2 Å². The first kappa shape index (κ1) is 15.4. The summed E-state index contributed by atoms with van der Waals surface area (Å²) < 4.78 is 0. The topological polar surface area (TPSA) is 35.8 Å². The Labute approximate surface area is 130 Å². The van der Waals surface area contributed by atoms with Crippen LogP contribution in [-0.2, 0) is 0 Å². The average Bonchev–Trinajstić information content (AvgIpc) is 2.48. The minimum atomic E-state index is 0.227. The van der Waals surface area contributed by atoms with Gasteiger partial charge >= 0.3 is 0 Å². The third-order valence-corrected chi connectivity index (χ3v) is 3.54. The summed E-state index contributed by atoms with van der Waals surface area (Å²) in [6.45, 7) is 6.00. The molecular weight excluding hydrogens is 284 g/mol. The van der Waals surface area contributed by atoms with Gasteiger partial charge in [-0.3, -0.25) is 4.99 Å². The van der Waals surface area contributed by atoms with Crippen molar-refractivity contribution in [2.24, 2.45) is 4.99 Å². The fourth-order valence-corrected chi connectivity index (χ4v) is 2.31. The highest BCUT2D eigenvalue weighted by atomic mass is 35.5. The Bertz CT molecular complexity index is 636. The van der Waals surface area contributed by atoms with Gasteiger partial charge in [0, 0.05) is 41.6 Å². The monoisotopic (exact) mass is 302 g/mol. The number of nitrogens with zero attached hydrogens (tertiary/aromatic N) is 2. The van der Waals surface area contributed by atoms with E-state index in [0.29, 0.717) is 10.6 Å². The summed E-state index contributed by atoms with van der Waals surface area (Å²) in [5.74, 6) is 0.227. The van der Waals surface area contributed by atoms with E-state index in [4.69, 9.17) is 11.6 Å². The zero-order valence-corrected chi connectivity index (χ0v) is 13.0. The van der Waals surface area contributed by atoms with E-state index in [2.05, 4.69) is 23.7 Å². The summed E-state index contributed by atoms with van der Waals surface area (Å²) in [6, 6.07) is 12.9. The zero-order valence-electron chi connectivity index (χ0n) is 12.3. The molecule has 0 aliphatic rings. The molecular formula is C17H19ClN2O. The van der Waals surface area contributed by atoms with Gasteiger partial charge in [0.25, 0.3) is 0 Å². The molecule has 2 aromatic carbocycles. The van der Waals surface area contributed by atoms with E-state index in [1.165, 1.54) is 0 Å². The van der Waals surface area contributed by atoms with Crippen molar-refractivity contribution < 1.29 is 5.11 Å². The molecule has 0 saturated heterocycles. The van der Waals surface area contributed by atoms with E-state index in [9.17, 15) is 5.11 Å². The molecule has 0 aliphatic heterocycles. The van der Waals surface area contributed by atoms with Crippen molar-refractivity contribution in [2.45, 2.75) is 13.8 Å². The van der Waals surface area contributed by atoms with Gasteiger partial charge in [-0.15, -0.1) is 0 Å². The first-order chi connectivity index (χ1) is 10.1. The molecule has 0 aromatic heterocycles. The molecule has 0 heterocycles. The summed E-state index contributed by atoms with van der Waals surface area (Å²) >= 11 is 5.92. The Balaban J connectivity index is 2.21. The minimum absolute atomic E-state index is 0.227. The van der Waals surface area contributed by atoms with Crippen LogP contribution in [0.25, 0.3) is 0 Å². The second-order valence-electron chi connectivity index (χ2n) is 4.65. The molecule has 0 bridgehead atoms. The summed E-state index contributed by atoms with van der Waals surface area (Å²) in [5.41, 5.74) is 2.46. The van der Waals surface area contributed by atoms with Crippen molar-refractivity contribution in [1.82, 2.24) is 0 Å². The van der Waals surface area contributed by atoms with Crippen LogP contribution in [0, 0.1) is 0 Å². The summed E-state index contributed by atoms with van der Waals surface area (Å²) in [5, 5.41) is 10.8. The van der Waals surface area contributed by atoms with Gasteiger partial charge in [-0.25, -0.2) is 0 Å². The van der Waals surface area contributed by atoms with Gasteiger partial charge in [-0.1, -0.05) is 17.7 Å². The fraction of sp³-hybridized carbons (Fsp3) is 0.235. The molecule has 0 aliphatic carbocycles. The van der Waals surface area contributed by atoms with Crippen LogP contribution in [0.5, 0.6) is 5.75 Å². The largest absolute Gasteiger partial charge is 0.507 e. The standard InChI is InChI=1S/C17H19ClN2O/c1-3-20(4-2)16-9-8-13(17(21)11-16)12-19-15-7-5-6-14(18)10-15/h5-12,21H,3-4H2,1-2H3. The van der Waals surface area contributed by atoms with Crippen LogP contribution in [0.2, 0.25) is 5.02 Å². The van der Waals surface area contributed by atoms with Gasteiger partial charge in [0.2, 0.25) is 0 Å². The van der Waals surface area contributed by atoms with Gasteiger partial charge in [0.15, 0.2) is 0 Å². The van der Waals surface area contributed by atoms with Crippen LogP contribution < -0.4 is 4.90 Å². The normalized spacial score (nSPS) is 11.0. The molecule has 4 heteroatoms. The number of halogens is 1. The highest BCUT2D eigenvalue weighted by Crippen LogP contribution is 2.24. The molecule has 2 rings (SSSR count). The van der Waals surface area contributed by atoms with Crippen molar-refractivity contribution in [1.29, 1.82) is 0 Å². The van der Waals surface area contributed by atoms with Gasteiger partial charge < -0.3 is 10.0 Å². The molecule has 1 N–H and O–H groups in total. The number of benzene rings is 2. The van der Waals surface area contributed by atoms with Crippen molar-refractivity contribution in [3.8, 4) is 5.75 Å². The van der Waals surface area contributed by atoms with E-state index >= 15 is 0 Å². The molecule has 0 amide bonds. The second-order valence-corrected chi connectivity index (χ2v) is 5.09. The first-order valence-corrected chi connectivity index (χ1v) is 7.39. The van der Waals surface area contributed by atoms with E-state index in [1.54, 1.807) is 24.4 Å². The smallest absolute Gasteiger partial charge is 0.126 e. The maximum absolute atomic E-state index is 10.1. The lowest BCUT2D eigenvalue weighted by Crippen LogP contribution is -2.21. The van der Waals surface area contributed by atoms with Crippen LogP contribution in [0.15, 0.2) is 47.5 Å². The summed E-state index contributed by atoms with van der Waals surface area (Å²) in [7, 11) is 0. The van der Waals surface area contributed by atoms with Crippen molar-refractivity contribution in [3.63, 3.8) is 0 Å². The average molecular weight is 303 g/mol. The molecule has 2 aromatic rings. The minimum Gasteiger partial charge on any atom is -0.507 e. The molecule has 0 atom stereocenters. The Morgan fingerprint density at radius 3 is 2.52 bits per heavy atom. The van der Waals surface area contributed by atoms with Crippen LogP contribution in [0.3, 0.4) is 0 Å². The maximum atomic E-state index is 10.1. The third-order valence-electron chi connectivity index (χ3n) is 3.30. The molecule has 21 heavy (non-hydrogen) atoms. The number of phenolic OH excluding ortho intramolecular Hbond substituents is 1. The van der Waals surface area contributed by atoms with Gasteiger partial charge in [0.05, 0.1) is 5.69 Å². The first-order valence-electron chi connectivity index (χ1n) is 7.01. The SMILES string of the molecule is CCN(CC)c1ccc(C=Nc2cccc(Cl)c2)c(O)c1. The van der Waals surface area contributed by atoms with Crippen molar-refractivity contribution in [2.75, 3.05) is 18.0 Å². The van der Waals surface area contributed by atoms with E-state index < -0.39 is 0 Å². The Kier molecular flexibility index (Phi) is 5.23. The number of hydrogen-bond donors (Lipinski definition) is 1. The van der Waals surface area contributed by atoms with E-state index in [0.717, 1.165) is 24.5 Å². The number of hydrogen-bond acceptors (Lipinski definition) is 3. The van der Waals surface area contributed by atoms with E-state index in [-0.39, 0.29) is 5.75 Å².